The van der Waals surface area contributed by atoms with Gasteiger partial charge >= 0.3 is 12.3 Å². The summed E-state index contributed by atoms with van der Waals surface area (Å²) >= 11 is 0. The van der Waals surface area contributed by atoms with E-state index in [1.807, 2.05) is 0 Å². The molecule has 1 fully saturated rings. The van der Waals surface area contributed by atoms with E-state index in [2.05, 4.69) is 5.32 Å². The number of hydrogen-bond donors (Lipinski definition) is 1. The summed E-state index contributed by atoms with van der Waals surface area (Å²) in [4.78, 5) is 0. The second kappa shape index (κ2) is 5.65. The molecule has 1 aliphatic rings. The van der Waals surface area contributed by atoms with Crippen LogP contribution in [0.1, 0.15) is 19.3 Å². The van der Waals surface area contributed by atoms with Crippen LogP contribution in [0.4, 0.5) is 17.6 Å². The van der Waals surface area contributed by atoms with Gasteiger partial charge in [0.2, 0.25) is 0 Å². The highest BCUT2D eigenvalue weighted by molar-refractivity contribution is 4.73. The molecule has 0 spiro atoms. The molecule has 0 aliphatic carbocycles. The summed E-state index contributed by atoms with van der Waals surface area (Å²) in [5.74, 6) is -3.93. The van der Waals surface area contributed by atoms with Crippen LogP contribution in [0, 0.1) is 0 Å². The Labute approximate surface area is 86.0 Å². The summed E-state index contributed by atoms with van der Waals surface area (Å²) < 4.78 is 53.5. The van der Waals surface area contributed by atoms with Crippen LogP contribution >= 0.6 is 0 Å². The molecule has 2 nitrogen and oxygen atoms in total. The Bertz CT molecular complexity index is 183. The average Bonchev–Trinajstić information content (AvgIpc) is 2.64. The summed E-state index contributed by atoms with van der Waals surface area (Å²) in [7, 11) is 0. The highest BCUT2D eigenvalue weighted by Crippen LogP contribution is 2.21. The lowest BCUT2D eigenvalue weighted by molar-refractivity contribution is -0.125. The summed E-state index contributed by atoms with van der Waals surface area (Å²) in [5, 5.41) is 2.32. The molecular weight excluding hydrogens is 214 g/mol. The second-order valence-corrected chi connectivity index (χ2v) is 3.66. The van der Waals surface area contributed by atoms with Crippen molar-refractivity contribution in [2.75, 3.05) is 19.7 Å². The van der Waals surface area contributed by atoms with Crippen LogP contribution in [0.2, 0.25) is 0 Å². The van der Waals surface area contributed by atoms with E-state index in [0.717, 1.165) is 12.8 Å². The van der Waals surface area contributed by atoms with Gasteiger partial charge in [0.15, 0.2) is 0 Å². The average molecular weight is 229 g/mol. The predicted octanol–water partition coefficient (Wildman–Crippen LogP) is 2.05. The lowest BCUT2D eigenvalue weighted by Crippen LogP contribution is -2.39. The van der Waals surface area contributed by atoms with Crippen LogP contribution in [0.5, 0.6) is 0 Å². The fraction of sp³-hybridized carbons (Fsp3) is 1.00. The smallest absolute Gasteiger partial charge is 0.319 e. The maximum atomic E-state index is 12.4. The van der Waals surface area contributed by atoms with Gasteiger partial charge in [0.25, 0.3) is 0 Å². The topological polar surface area (TPSA) is 21.3 Å². The van der Waals surface area contributed by atoms with Gasteiger partial charge < -0.3 is 10.1 Å². The van der Waals surface area contributed by atoms with E-state index >= 15 is 0 Å². The van der Waals surface area contributed by atoms with Crippen LogP contribution in [0.3, 0.4) is 0 Å². The number of nitrogens with one attached hydrogen (secondary N) is 1. The maximum absolute atomic E-state index is 12.4. The van der Waals surface area contributed by atoms with E-state index in [0.29, 0.717) is 13.0 Å². The van der Waals surface area contributed by atoms with Gasteiger partial charge in [0, 0.05) is 6.61 Å². The zero-order valence-electron chi connectivity index (χ0n) is 8.32. The molecule has 0 aromatic heterocycles. The Balaban J connectivity index is 2.05. The zero-order valence-corrected chi connectivity index (χ0v) is 8.32. The molecule has 0 aromatic rings. The van der Waals surface area contributed by atoms with E-state index in [-0.39, 0.29) is 12.6 Å². The zero-order chi connectivity index (χ0) is 11.3. The summed E-state index contributed by atoms with van der Waals surface area (Å²) in [5.41, 5.74) is 0. The van der Waals surface area contributed by atoms with Gasteiger partial charge in [-0.3, -0.25) is 0 Å². The predicted molar refractivity (Wildman–Crippen MR) is 47.4 cm³/mol. The minimum atomic E-state index is -3.93. The molecule has 1 atom stereocenters. The molecule has 90 valence electrons. The third kappa shape index (κ3) is 4.34. The summed E-state index contributed by atoms with van der Waals surface area (Å²) in [6, 6.07) is 0. The third-order valence-corrected chi connectivity index (χ3v) is 2.35. The molecule has 0 aromatic carbocycles. The quantitative estimate of drug-likeness (QED) is 0.556. The summed E-state index contributed by atoms with van der Waals surface area (Å²) in [6.45, 7) is 0.0161. The Morgan fingerprint density at radius 2 is 2.13 bits per heavy atom. The molecule has 1 N–H and O–H groups in total. The highest BCUT2D eigenvalue weighted by Gasteiger charge is 2.39. The molecule has 1 unspecified atom stereocenters. The van der Waals surface area contributed by atoms with E-state index in [1.54, 1.807) is 0 Å². The van der Waals surface area contributed by atoms with Crippen LogP contribution < -0.4 is 5.32 Å². The molecule has 1 aliphatic heterocycles. The molecule has 1 rings (SSSR count). The number of alkyl halides is 4. The largest absolute Gasteiger partial charge is 0.378 e. The van der Waals surface area contributed by atoms with E-state index in [9.17, 15) is 17.6 Å². The minimum absolute atomic E-state index is 0.0951. The molecule has 1 saturated heterocycles. The van der Waals surface area contributed by atoms with Gasteiger partial charge in [-0.25, -0.2) is 8.78 Å². The molecule has 0 saturated carbocycles. The van der Waals surface area contributed by atoms with Crippen molar-refractivity contribution in [1.82, 2.24) is 5.32 Å². The fourth-order valence-corrected chi connectivity index (χ4v) is 1.47. The molecule has 0 amide bonds. The first-order chi connectivity index (χ1) is 7.02. The fourth-order valence-electron chi connectivity index (χ4n) is 1.47. The van der Waals surface area contributed by atoms with Crippen LogP contribution in [-0.2, 0) is 4.74 Å². The number of ether oxygens (including phenoxy) is 1. The number of hydrogen-bond acceptors (Lipinski definition) is 2. The standard InChI is InChI=1S/C9H15F4NO/c10-8(11)9(12,13)6-14-4-3-7-2-1-5-15-7/h7-8,14H,1-6H2. The Kier molecular flexibility index (Phi) is 4.79. The molecule has 0 radical (unpaired) electrons. The van der Waals surface area contributed by atoms with E-state index in [4.69, 9.17) is 4.74 Å². The van der Waals surface area contributed by atoms with Crippen LogP contribution in [0.15, 0.2) is 0 Å². The van der Waals surface area contributed by atoms with Gasteiger partial charge in [-0.1, -0.05) is 0 Å². The first-order valence-corrected chi connectivity index (χ1v) is 5.00. The van der Waals surface area contributed by atoms with Gasteiger partial charge in [-0.05, 0) is 25.8 Å². The Morgan fingerprint density at radius 3 is 2.67 bits per heavy atom. The van der Waals surface area contributed by atoms with Gasteiger partial charge in [0.05, 0.1) is 12.6 Å². The monoisotopic (exact) mass is 229 g/mol. The second-order valence-electron chi connectivity index (χ2n) is 3.66. The van der Waals surface area contributed by atoms with E-state index < -0.39 is 18.9 Å². The Morgan fingerprint density at radius 1 is 1.40 bits per heavy atom. The van der Waals surface area contributed by atoms with Crippen molar-refractivity contribution in [1.29, 1.82) is 0 Å². The first-order valence-electron chi connectivity index (χ1n) is 5.00. The molecule has 0 bridgehead atoms. The van der Waals surface area contributed by atoms with Crippen molar-refractivity contribution in [2.45, 2.75) is 37.7 Å². The van der Waals surface area contributed by atoms with Crippen molar-refractivity contribution in [3.8, 4) is 0 Å². The van der Waals surface area contributed by atoms with Crippen molar-refractivity contribution in [3.05, 3.63) is 0 Å². The van der Waals surface area contributed by atoms with Crippen molar-refractivity contribution >= 4 is 0 Å². The van der Waals surface area contributed by atoms with Gasteiger partial charge in [-0.2, -0.15) is 8.78 Å². The molecule has 1 heterocycles. The van der Waals surface area contributed by atoms with Crippen molar-refractivity contribution in [2.24, 2.45) is 0 Å². The van der Waals surface area contributed by atoms with Crippen molar-refractivity contribution in [3.63, 3.8) is 0 Å². The van der Waals surface area contributed by atoms with Crippen molar-refractivity contribution < 1.29 is 22.3 Å². The molecule has 6 heteroatoms. The number of rotatable bonds is 6. The minimum Gasteiger partial charge on any atom is -0.378 e. The maximum Gasteiger partial charge on any atom is 0.319 e. The first kappa shape index (κ1) is 12.7. The highest BCUT2D eigenvalue weighted by atomic mass is 19.3. The lowest BCUT2D eigenvalue weighted by atomic mass is 10.2. The normalized spacial score (nSPS) is 22.6. The van der Waals surface area contributed by atoms with Crippen LogP contribution in [0.25, 0.3) is 0 Å². The third-order valence-electron chi connectivity index (χ3n) is 2.35. The van der Waals surface area contributed by atoms with E-state index in [1.165, 1.54) is 0 Å². The van der Waals surface area contributed by atoms with Gasteiger partial charge in [-0.15, -0.1) is 0 Å². The molecular formula is C9H15F4NO. The lowest BCUT2D eigenvalue weighted by Gasteiger charge is -2.16. The van der Waals surface area contributed by atoms with Gasteiger partial charge in [0.1, 0.15) is 0 Å². The molecule has 15 heavy (non-hydrogen) atoms. The summed E-state index contributed by atoms with van der Waals surface area (Å²) in [6.07, 6.45) is -1.00. The SMILES string of the molecule is FC(F)C(F)(F)CNCCC1CCCO1. The number of halogens is 4. The Hall–Kier alpha value is -0.360. The van der Waals surface area contributed by atoms with Crippen LogP contribution in [-0.4, -0.2) is 38.1 Å².